The van der Waals surface area contributed by atoms with Crippen LogP contribution in [0.5, 0.6) is 0 Å². The van der Waals surface area contributed by atoms with E-state index in [0.717, 1.165) is 6.54 Å². The van der Waals surface area contributed by atoms with Crippen molar-refractivity contribution in [1.29, 1.82) is 0 Å². The van der Waals surface area contributed by atoms with Gasteiger partial charge in [-0.2, -0.15) is 0 Å². The standard InChI is InChI=1S/C21H30N2O2/c1-3-25-13-10-19(24)23-14-18(16-6-4-15(2)5-7-16)21-20(23)17-8-11-22(21)12-9-17/h4-7,17-18,20-21H,3,8-14H2,1-2H3/t18-,20-,21-/m0/s1. The molecule has 3 atom stereocenters. The summed E-state index contributed by atoms with van der Waals surface area (Å²) < 4.78 is 5.43. The Morgan fingerprint density at radius 3 is 2.56 bits per heavy atom. The fourth-order valence-electron chi connectivity index (χ4n) is 5.26. The second-order valence-corrected chi connectivity index (χ2v) is 7.86. The van der Waals surface area contributed by atoms with Crippen LogP contribution in [0.3, 0.4) is 0 Å². The number of piperidine rings is 3. The maximum atomic E-state index is 12.9. The SMILES string of the molecule is CCOCCC(=O)N1C[C@@H](c2ccc(C)cc2)[C@H]2[C@@H]1C1CCN2CC1. The molecule has 4 aliphatic heterocycles. The maximum Gasteiger partial charge on any atom is 0.225 e. The highest BCUT2D eigenvalue weighted by molar-refractivity contribution is 5.77. The van der Waals surface area contributed by atoms with Crippen LogP contribution in [-0.2, 0) is 9.53 Å². The van der Waals surface area contributed by atoms with Crippen molar-refractivity contribution in [3.05, 3.63) is 35.4 Å². The molecule has 0 spiro atoms. The summed E-state index contributed by atoms with van der Waals surface area (Å²) in [4.78, 5) is 17.8. The lowest BCUT2D eigenvalue weighted by molar-refractivity contribution is -0.137. The molecule has 1 aromatic carbocycles. The van der Waals surface area contributed by atoms with Crippen LogP contribution in [0.4, 0.5) is 0 Å². The van der Waals surface area contributed by atoms with E-state index in [2.05, 4.69) is 41.0 Å². The first-order valence-corrected chi connectivity index (χ1v) is 9.87. The van der Waals surface area contributed by atoms with Gasteiger partial charge >= 0.3 is 0 Å². The zero-order chi connectivity index (χ0) is 17.4. The number of fused-ring (bicyclic) bond motifs is 2. The normalized spacial score (nSPS) is 33.5. The van der Waals surface area contributed by atoms with Crippen molar-refractivity contribution in [2.45, 2.75) is 51.1 Å². The second kappa shape index (κ2) is 7.08. The molecule has 1 amide bonds. The lowest BCUT2D eigenvalue weighted by Crippen LogP contribution is -2.60. The average molecular weight is 342 g/mol. The highest BCUT2D eigenvalue weighted by Crippen LogP contribution is 2.46. The highest BCUT2D eigenvalue weighted by atomic mass is 16.5. The number of rotatable bonds is 5. The van der Waals surface area contributed by atoms with Crippen LogP contribution in [-0.4, -0.2) is 60.6 Å². The molecule has 2 bridgehead atoms. The van der Waals surface area contributed by atoms with Gasteiger partial charge in [-0.25, -0.2) is 0 Å². The number of likely N-dealkylation sites (tertiary alicyclic amines) is 1. The number of benzene rings is 1. The van der Waals surface area contributed by atoms with E-state index < -0.39 is 0 Å². The molecule has 5 rings (SSSR count). The van der Waals surface area contributed by atoms with Gasteiger partial charge in [-0.15, -0.1) is 0 Å². The lowest BCUT2D eigenvalue weighted by atomic mass is 9.75. The number of nitrogens with zero attached hydrogens (tertiary/aromatic N) is 2. The lowest BCUT2D eigenvalue weighted by Gasteiger charge is -2.51. The van der Waals surface area contributed by atoms with Crippen LogP contribution in [0, 0.1) is 12.8 Å². The van der Waals surface area contributed by atoms with Crippen LogP contribution >= 0.6 is 0 Å². The highest BCUT2D eigenvalue weighted by Gasteiger charge is 2.54. The Bertz CT molecular complexity index is 607. The van der Waals surface area contributed by atoms with Crippen LogP contribution in [0.2, 0.25) is 0 Å². The molecule has 0 aliphatic carbocycles. The Morgan fingerprint density at radius 2 is 1.88 bits per heavy atom. The van der Waals surface area contributed by atoms with Crippen molar-refractivity contribution in [3.8, 4) is 0 Å². The van der Waals surface area contributed by atoms with Gasteiger partial charge in [0.25, 0.3) is 0 Å². The predicted molar refractivity (Wildman–Crippen MR) is 98.6 cm³/mol. The minimum Gasteiger partial charge on any atom is -0.381 e. The third-order valence-corrected chi connectivity index (χ3v) is 6.48. The summed E-state index contributed by atoms with van der Waals surface area (Å²) >= 11 is 0. The number of ether oxygens (including phenoxy) is 1. The molecule has 0 N–H and O–H groups in total. The Kier molecular flexibility index (Phi) is 4.83. The van der Waals surface area contributed by atoms with Gasteiger partial charge in [0.1, 0.15) is 0 Å². The molecular formula is C21H30N2O2. The molecule has 4 fully saturated rings. The van der Waals surface area contributed by atoms with Crippen LogP contribution in [0.1, 0.15) is 43.2 Å². The van der Waals surface area contributed by atoms with E-state index in [1.54, 1.807) is 0 Å². The average Bonchev–Trinajstić information content (AvgIpc) is 3.06. The molecule has 4 saturated heterocycles. The Hall–Kier alpha value is -1.39. The van der Waals surface area contributed by atoms with E-state index in [1.807, 2.05) is 6.92 Å². The zero-order valence-electron chi connectivity index (χ0n) is 15.5. The van der Waals surface area contributed by atoms with Crippen molar-refractivity contribution in [2.75, 3.05) is 32.8 Å². The molecule has 1 aromatic rings. The molecule has 0 saturated carbocycles. The number of amides is 1. The third kappa shape index (κ3) is 3.11. The van der Waals surface area contributed by atoms with E-state index in [4.69, 9.17) is 4.74 Å². The minimum atomic E-state index is 0.284. The van der Waals surface area contributed by atoms with Crippen molar-refractivity contribution < 1.29 is 9.53 Å². The first-order chi connectivity index (χ1) is 12.2. The minimum absolute atomic E-state index is 0.284. The molecule has 0 radical (unpaired) electrons. The van der Waals surface area contributed by atoms with E-state index >= 15 is 0 Å². The number of carbonyl (C=O) groups excluding carboxylic acids is 1. The van der Waals surface area contributed by atoms with Gasteiger partial charge < -0.3 is 9.64 Å². The summed E-state index contributed by atoms with van der Waals surface area (Å²) in [5.74, 6) is 1.41. The van der Waals surface area contributed by atoms with E-state index in [1.165, 1.54) is 37.1 Å². The monoisotopic (exact) mass is 342 g/mol. The fourth-order valence-corrected chi connectivity index (χ4v) is 5.26. The van der Waals surface area contributed by atoms with Crippen molar-refractivity contribution in [2.24, 2.45) is 5.92 Å². The van der Waals surface area contributed by atoms with Gasteiger partial charge in [-0.3, -0.25) is 9.69 Å². The quantitative estimate of drug-likeness (QED) is 0.772. The molecule has 4 heterocycles. The van der Waals surface area contributed by atoms with Gasteiger partial charge in [-0.1, -0.05) is 29.8 Å². The number of aryl methyl sites for hydroxylation is 1. The smallest absolute Gasteiger partial charge is 0.225 e. The first kappa shape index (κ1) is 17.0. The first-order valence-electron chi connectivity index (χ1n) is 9.87. The van der Waals surface area contributed by atoms with E-state index in [0.29, 0.717) is 43.6 Å². The van der Waals surface area contributed by atoms with Crippen LogP contribution in [0.25, 0.3) is 0 Å². The molecule has 136 valence electrons. The van der Waals surface area contributed by atoms with Crippen LogP contribution < -0.4 is 0 Å². The van der Waals surface area contributed by atoms with Crippen molar-refractivity contribution in [1.82, 2.24) is 9.80 Å². The summed E-state index contributed by atoms with van der Waals surface area (Å²) in [6.07, 6.45) is 3.01. The van der Waals surface area contributed by atoms with Crippen LogP contribution in [0.15, 0.2) is 24.3 Å². The van der Waals surface area contributed by atoms with Gasteiger partial charge in [-0.05, 0) is 51.3 Å². The van der Waals surface area contributed by atoms with E-state index in [9.17, 15) is 4.79 Å². The van der Waals surface area contributed by atoms with Crippen molar-refractivity contribution in [3.63, 3.8) is 0 Å². The number of hydrogen-bond donors (Lipinski definition) is 0. The summed E-state index contributed by atoms with van der Waals surface area (Å²) in [7, 11) is 0. The van der Waals surface area contributed by atoms with Gasteiger partial charge in [0, 0.05) is 25.1 Å². The van der Waals surface area contributed by atoms with Gasteiger partial charge in [0.2, 0.25) is 5.91 Å². The Balaban J connectivity index is 1.59. The molecule has 0 unspecified atom stereocenters. The third-order valence-electron chi connectivity index (χ3n) is 6.48. The Labute approximate surface area is 151 Å². The predicted octanol–water partition coefficient (Wildman–Crippen LogP) is 2.81. The topological polar surface area (TPSA) is 32.8 Å². The van der Waals surface area contributed by atoms with Crippen molar-refractivity contribution >= 4 is 5.91 Å². The summed E-state index contributed by atoms with van der Waals surface area (Å²) in [5.41, 5.74) is 2.70. The summed E-state index contributed by atoms with van der Waals surface area (Å²) in [6, 6.07) is 9.87. The Morgan fingerprint density at radius 1 is 1.16 bits per heavy atom. The largest absolute Gasteiger partial charge is 0.381 e. The summed E-state index contributed by atoms with van der Waals surface area (Å²) in [6.45, 7) is 8.63. The number of carbonyl (C=O) groups is 1. The molecule has 4 aliphatic rings. The van der Waals surface area contributed by atoms with Gasteiger partial charge in [0.15, 0.2) is 0 Å². The van der Waals surface area contributed by atoms with Gasteiger partial charge in [0.05, 0.1) is 19.1 Å². The van der Waals surface area contributed by atoms with E-state index in [-0.39, 0.29) is 5.91 Å². The second-order valence-electron chi connectivity index (χ2n) is 7.86. The molecular weight excluding hydrogens is 312 g/mol. The molecule has 25 heavy (non-hydrogen) atoms. The molecule has 4 heteroatoms. The molecule has 0 aromatic heterocycles. The summed E-state index contributed by atoms with van der Waals surface area (Å²) in [5, 5.41) is 0. The fraction of sp³-hybridized carbons (Fsp3) is 0.667. The number of hydrogen-bond acceptors (Lipinski definition) is 3. The molecule has 4 nitrogen and oxygen atoms in total. The zero-order valence-corrected chi connectivity index (χ0v) is 15.5. The maximum absolute atomic E-state index is 12.9.